The molecule has 0 aliphatic heterocycles. The zero-order valence-electron chi connectivity index (χ0n) is 11.0. The summed E-state index contributed by atoms with van der Waals surface area (Å²) in [6.45, 7) is 1.89. The lowest BCUT2D eigenvalue weighted by Gasteiger charge is -2.17. The standard InChI is InChI=1S/C12H17F3N2O2/c1-4-7(16)5-9-10(18-2)6-8(12(13,14)15)11(17-9)19-3/h6-7H,4-5,16H2,1-3H3. The molecule has 4 nitrogen and oxygen atoms in total. The highest BCUT2D eigenvalue weighted by Gasteiger charge is 2.36. The van der Waals surface area contributed by atoms with E-state index in [1.807, 2.05) is 6.92 Å². The van der Waals surface area contributed by atoms with Gasteiger partial charge in [-0.25, -0.2) is 4.98 Å². The van der Waals surface area contributed by atoms with Gasteiger partial charge < -0.3 is 15.2 Å². The summed E-state index contributed by atoms with van der Waals surface area (Å²) in [5, 5.41) is 0. The fourth-order valence-electron chi connectivity index (χ4n) is 1.59. The smallest absolute Gasteiger partial charge is 0.421 e. The van der Waals surface area contributed by atoms with Crippen LogP contribution in [0.3, 0.4) is 0 Å². The Morgan fingerprint density at radius 1 is 1.32 bits per heavy atom. The number of nitrogens with zero attached hydrogens (tertiary/aromatic N) is 1. The summed E-state index contributed by atoms with van der Waals surface area (Å²) in [7, 11) is 2.44. The van der Waals surface area contributed by atoms with Crippen LogP contribution in [0.5, 0.6) is 11.6 Å². The van der Waals surface area contributed by atoms with Crippen molar-refractivity contribution in [2.24, 2.45) is 5.73 Å². The molecule has 0 amide bonds. The Labute approximate surface area is 109 Å². The molecule has 0 radical (unpaired) electrons. The van der Waals surface area contributed by atoms with Crippen LogP contribution >= 0.6 is 0 Å². The number of ether oxygens (including phenoxy) is 2. The second kappa shape index (κ2) is 6.10. The van der Waals surface area contributed by atoms with Crippen LogP contribution in [-0.2, 0) is 12.6 Å². The molecule has 0 saturated heterocycles. The number of nitrogens with two attached hydrogens (primary N) is 1. The zero-order valence-corrected chi connectivity index (χ0v) is 11.0. The Morgan fingerprint density at radius 3 is 2.37 bits per heavy atom. The molecule has 1 rings (SSSR count). The Bertz CT molecular complexity index is 436. The van der Waals surface area contributed by atoms with Crippen LogP contribution in [0.25, 0.3) is 0 Å². The summed E-state index contributed by atoms with van der Waals surface area (Å²) in [5.74, 6) is -0.399. The van der Waals surface area contributed by atoms with Crippen molar-refractivity contribution in [2.45, 2.75) is 32.0 Å². The van der Waals surface area contributed by atoms with Crippen molar-refractivity contribution in [1.29, 1.82) is 0 Å². The molecule has 1 aromatic heterocycles. The van der Waals surface area contributed by atoms with E-state index in [1.165, 1.54) is 7.11 Å². The predicted molar refractivity (Wildman–Crippen MR) is 64.3 cm³/mol. The van der Waals surface area contributed by atoms with Crippen molar-refractivity contribution in [3.63, 3.8) is 0 Å². The van der Waals surface area contributed by atoms with Gasteiger partial charge in [0.05, 0.1) is 19.9 Å². The monoisotopic (exact) mass is 278 g/mol. The van der Waals surface area contributed by atoms with Gasteiger partial charge in [-0.15, -0.1) is 0 Å². The van der Waals surface area contributed by atoms with Gasteiger partial charge >= 0.3 is 6.18 Å². The molecule has 1 aromatic rings. The number of aromatic nitrogens is 1. The summed E-state index contributed by atoms with van der Waals surface area (Å²) in [6, 6.07) is 0.701. The van der Waals surface area contributed by atoms with E-state index >= 15 is 0 Å². The molecule has 7 heteroatoms. The van der Waals surface area contributed by atoms with Gasteiger partial charge in [0.25, 0.3) is 0 Å². The van der Waals surface area contributed by atoms with Crippen molar-refractivity contribution in [3.8, 4) is 11.6 Å². The molecule has 1 heterocycles. The maximum absolute atomic E-state index is 12.8. The molecule has 0 saturated carbocycles. The summed E-state index contributed by atoms with van der Waals surface area (Å²) in [6.07, 6.45) is -3.53. The maximum Gasteiger partial charge on any atom is 0.421 e. The van der Waals surface area contributed by atoms with E-state index in [-0.39, 0.29) is 11.8 Å². The molecule has 0 fully saturated rings. The minimum absolute atomic E-state index is 0.0667. The number of alkyl halides is 3. The third-order valence-corrected chi connectivity index (χ3v) is 2.73. The van der Waals surface area contributed by atoms with E-state index in [4.69, 9.17) is 15.2 Å². The number of halogens is 3. The Morgan fingerprint density at radius 2 is 1.95 bits per heavy atom. The van der Waals surface area contributed by atoms with Crippen LogP contribution in [0.1, 0.15) is 24.6 Å². The molecule has 0 aliphatic rings. The highest BCUT2D eigenvalue weighted by atomic mass is 19.4. The predicted octanol–water partition coefficient (Wildman–Crippen LogP) is 2.40. The van der Waals surface area contributed by atoms with Gasteiger partial charge in [0, 0.05) is 12.5 Å². The summed E-state index contributed by atoms with van der Waals surface area (Å²) < 4.78 is 48.1. The molecule has 0 aromatic carbocycles. The van der Waals surface area contributed by atoms with Gasteiger partial charge in [-0.05, 0) is 12.5 Å². The SMILES string of the molecule is CCC(N)Cc1nc(OC)c(C(F)(F)F)cc1OC. The average Bonchev–Trinajstić information content (AvgIpc) is 2.36. The molecular weight excluding hydrogens is 261 g/mol. The maximum atomic E-state index is 12.8. The summed E-state index contributed by atoms with van der Waals surface area (Å²) in [4.78, 5) is 3.87. The minimum Gasteiger partial charge on any atom is -0.495 e. The Kier molecular flexibility index (Phi) is 4.99. The van der Waals surface area contributed by atoms with Crippen molar-refractivity contribution in [2.75, 3.05) is 14.2 Å². The lowest BCUT2D eigenvalue weighted by atomic mass is 10.1. The molecule has 1 unspecified atom stereocenters. The quantitative estimate of drug-likeness (QED) is 0.898. The first-order valence-electron chi connectivity index (χ1n) is 5.78. The molecule has 0 bridgehead atoms. The van der Waals surface area contributed by atoms with Gasteiger partial charge in [-0.3, -0.25) is 0 Å². The fraction of sp³-hybridized carbons (Fsp3) is 0.583. The van der Waals surface area contributed by atoms with Gasteiger partial charge in [0.2, 0.25) is 5.88 Å². The fourth-order valence-corrected chi connectivity index (χ4v) is 1.59. The summed E-state index contributed by atoms with van der Waals surface area (Å²) >= 11 is 0. The van der Waals surface area contributed by atoms with Crippen molar-refractivity contribution in [3.05, 3.63) is 17.3 Å². The van der Waals surface area contributed by atoms with E-state index in [9.17, 15) is 13.2 Å². The second-order valence-electron chi connectivity index (χ2n) is 4.06. The summed E-state index contributed by atoms with van der Waals surface area (Å²) in [5.41, 5.74) is 5.19. The van der Waals surface area contributed by atoms with Crippen LogP contribution in [0.15, 0.2) is 6.07 Å². The lowest BCUT2D eigenvalue weighted by Crippen LogP contribution is -2.23. The van der Waals surface area contributed by atoms with E-state index in [0.717, 1.165) is 13.2 Å². The molecular formula is C12H17F3N2O2. The number of rotatable bonds is 5. The van der Waals surface area contributed by atoms with Gasteiger partial charge in [0.1, 0.15) is 11.3 Å². The number of hydrogen-bond acceptors (Lipinski definition) is 4. The van der Waals surface area contributed by atoms with E-state index in [2.05, 4.69) is 4.98 Å². The second-order valence-corrected chi connectivity index (χ2v) is 4.06. The van der Waals surface area contributed by atoms with E-state index < -0.39 is 17.6 Å². The van der Waals surface area contributed by atoms with Crippen LogP contribution in [0.4, 0.5) is 13.2 Å². The Hall–Kier alpha value is -1.50. The third kappa shape index (κ3) is 3.73. The minimum atomic E-state index is -4.54. The van der Waals surface area contributed by atoms with Gasteiger partial charge in [-0.2, -0.15) is 13.2 Å². The highest BCUT2D eigenvalue weighted by molar-refractivity contribution is 5.40. The van der Waals surface area contributed by atoms with Crippen molar-refractivity contribution in [1.82, 2.24) is 4.98 Å². The van der Waals surface area contributed by atoms with Crippen LogP contribution < -0.4 is 15.2 Å². The van der Waals surface area contributed by atoms with Crippen LogP contribution in [0.2, 0.25) is 0 Å². The molecule has 0 aliphatic carbocycles. The number of methoxy groups -OCH3 is 2. The van der Waals surface area contributed by atoms with Gasteiger partial charge in [0.15, 0.2) is 0 Å². The third-order valence-electron chi connectivity index (χ3n) is 2.73. The number of hydrogen-bond donors (Lipinski definition) is 1. The molecule has 2 N–H and O–H groups in total. The first-order valence-corrected chi connectivity index (χ1v) is 5.78. The van der Waals surface area contributed by atoms with Crippen LogP contribution in [-0.4, -0.2) is 25.2 Å². The highest BCUT2D eigenvalue weighted by Crippen LogP contribution is 2.38. The lowest BCUT2D eigenvalue weighted by molar-refractivity contribution is -0.139. The van der Waals surface area contributed by atoms with Crippen molar-refractivity contribution < 1.29 is 22.6 Å². The number of pyridine rings is 1. The first kappa shape index (κ1) is 15.6. The normalized spacial score (nSPS) is 13.2. The van der Waals surface area contributed by atoms with Crippen molar-refractivity contribution >= 4 is 0 Å². The Balaban J connectivity index is 3.27. The topological polar surface area (TPSA) is 57.4 Å². The zero-order chi connectivity index (χ0) is 14.6. The first-order chi connectivity index (χ1) is 8.83. The molecule has 108 valence electrons. The molecule has 19 heavy (non-hydrogen) atoms. The molecule has 1 atom stereocenters. The van der Waals surface area contributed by atoms with Gasteiger partial charge in [-0.1, -0.05) is 6.92 Å². The average molecular weight is 278 g/mol. The largest absolute Gasteiger partial charge is 0.495 e. The van der Waals surface area contributed by atoms with E-state index in [1.54, 1.807) is 0 Å². The van der Waals surface area contributed by atoms with E-state index in [0.29, 0.717) is 18.5 Å². The molecule has 0 spiro atoms. The van der Waals surface area contributed by atoms with Crippen LogP contribution in [0, 0.1) is 0 Å².